The van der Waals surface area contributed by atoms with E-state index in [1.165, 1.54) is 25.7 Å². The summed E-state index contributed by atoms with van der Waals surface area (Å²) in [5.41, 5.74) is 0. The van der Waals surface area contributed by atoms with Crippen molar-refractivity contribution in [2.24, 2.45) is 11.8 Å². The van der Waals surface area contributed by atoms with Gasteiger partial charge in [0.25, 0.3) is 0 Å². The van der Waals surface area contributed by atoms with Gasteiger partial charge >= 0.3 is 18.9 Å². The third-order valence-electron chi connectivity index (χ3n) is 2.38. The fourth-order valence-corrected chi connectivity index (χ4v) is 1.93. The van der Waals surface area contributed by atoms with Crippen LogP contribution in [0.3, 0.4) is 0 Å². The minimum Gasteiger partial charge on any atom is -0.325 e. The Kier molecular flexibility index (Phi) is 2.06. The summed E-state index contributed by atoms with van der Waals surface area (Å²) in [5, 5.41) is 0. The van der Waals surface area contributed by atoms with E-state index in [1.54, 1.807) is 0 Å². The Hall–Kier alpha value is 0.597. The molecule has 0 nitrogen and oxygen atoms in total. The molecule has 8 heavy (non-hydrogen) atoms. The van der Waals surface area contributed by atoms with Gasteiger partial charge in [0, 0.05) is 0 Å². The number of fused-ring (bicyclic) bond motifs is 2. The number of hydrogen-bond donors (Lipinski definition) is 0. The summed E-state index contributed by atoms with van der Waals surface area (Å²) in [6.45, 7) is 0. The van der Waals surface area contributed by atoms with Gasteiger partial charge < -0.3 is 6.42 Å². The molecule has 0 aromatic carbocycles. The zero-order valence-corrected chi connectivity index (χ0v) is 5.56. The van der Waals surface area contributed by atoms with Crippen molar-refractivity contribution in [3.63, 3.8) is 0 Å². The second kappa shape index (κ2) is 2.46. The molecule has 2 bridgehead atoms. The third-order valence-corrected chi connectivity index (χ3v) is 2.38. The Balaban J connectivity index is 0.000000320. The molecule has 0 N–H and O–H groups in total. The first kappa shape index (κ1) is 6.71. The molecule has 0 aromatic rings. The van der Waals surface area contributed by atoms with E-state index in [0.29, 0.717) is 0 Å². The van der Waals surface area contributed by atoms with Gasteiger partial charge in [-0.1, -0.05) is 25.2 Å². The zero-order valence-electron chi connectivity index (χ0n) is 5.56. The van der Waals surface area contributed by atoms with Crippen molar-refractivity contribution in [1.29, 1.82) is 0 Å². The Bertz CT molecular complexity index is 62.5. The molecule has 0 aliphatic heterocycles. The predicted octanol–water partition coefficient (Wildman–Crippen LogP) is -0.985. The van der Waals surface area contributed by atoms with Crippen LogP contribution in [0.25, 0.3) is 0 Å². The maximum atomic E-state index is 2.51. The van der Waals surface area contributed by atoms with Crippen LogP contribution >= 0.6 is 0 Å². The summed E-state index contributed by atoms with van der Waals surface area (Å²) in [6.07, 6.45) is 8.50. The van der Waals surface area contributed by atoms with Crippen molar-refractivity contribution < 1.29 is 18.9 Å². The molecule has 2 aliphatic rings. The average Bonchev–Trinajstić information content (AvgIpc) is 2.22. The van der Waals surface area contributed by atoms with E-state index in [2.05, 4.69) is 6.42 Å². The predicted molar refractivity (Wildman–Crippen MR) is 29.7 cm³/mol. The normalized spacial score (nSPS) is 42.0. The van der Waals surface area contributed by atoms with Crippen LogP contribution in [0.2, 0.25) is 0 Å². The average molecular weight is 102 g/mol. The molecule has 0 heterocycles. The van der Waals surface area contributed by atoms with E-state index >= 15 is 0 Å². The SMILES string of the molecule is [CH-]1C[C@H]2CC[C@@H]1C2.[Li+]. The minimum absolute atomic E-state index is 0. The first-order chi connectivity index (χ1) is 3.45. The molecule has 2 rings (SSSR count). The maximum absolute atomic E-state index is 2.51. The standard InChI is InChI=1S/C7H11.Li/c1-2-7-4-3-6(1)5-7;/h1,6-7H,2-5H2;/q-1;+1/t6-,7+;/m1./s1. The second-order valence-electron chi connectivity index (χ2n) is 2.91. The molecule has 2 saturated carbocycles. The molecule has 2 atom stereocenters. The maximum Gasteiger partial charge on any atom is 1.00 e. The first-order valence-electron chi connectivity index (χ1n) is 3.28. The largest absolute Gasteiger partial charge is 1.00 e. The molecule has 0 saturated heterocycles. The Morgan fingerprint density at radius 1 is 1.25 bits per heavy atom. The van der Waals surface area contributed by atoms with E-state index in [0.717, 1.165) is 11.8 Å². The van der Waals surface area contributed by atoms with E-state index in [-0.39, 0.29) is 18.9 Å². The van der Waals surface area contributed by atoms with Gasteiger partial charge in [0.15, 0.2) is 0 Å². The smallest absolute Gasteiger partial charge is 0.325 e. The van der Waals surface area contributed by atoms with Crippen LogP contribution < -0.4 is 18.9 Å². The fraction of sp³-hybridized carbons (Fsp3) is 0.857. The molecule has 2 aliphatic carbocycles. The molecule has 40 valence electrons. The summed E-state index contributed by atoms with van der Waals surface area (Å²) in [4.78, 5) is 0. The van der Waals surface area contributed by atoms with Crippen LogP contribution in [0.4, 0.5) is 0 Å². The van der Waals surface area contributed by atoms with Gasteiger partial charge in [-0.3, -0.25) is 0 Å². The fourth-order valence-electron chi connectivity index (χ4n) is 1.93. The van der Waals surface area contributed by atoms with Gasteiger partial charge in [0.2, 0.25) is 0 Å². The number of rotatable bonds is 0. The molecular weight excluding hydrogens is 91.0 g/mol. The quantitative estimate of drug-likeness (QED) is 0.272. The van der Waals surface area contributed by atoms with Crippen LogP contribution in [-0.2, 0) is 0 Å². The van der Waals surface area contributed by atoms with Crippen LogP contribution in [0.15, 0.2) is 0 Å². The van der Waals surface area contributed by atoms with Gasteiger partial charge in [0.1, 0.15) is 0 Å². The van der Waals surface area contributed by atoms with Crippen molar-refractivity contribution in [1.82, 2.24) is 0 Å². The Labute approximate surface area is 63.2 Å². The van der Waals surface area contributed by atoms with Crippen LogP contribution in [-0.4, -0.2) is 0 Å². The molecule has 0 amide bonds. The van der Waals surface area contributed by atoms with E-state index < -0.39 is 0 Å². The van der Waals surface area contributed by atoms with Crippen molar-refractivity contribution in [2.45, 2.75) is 25.7 Å². The van der Waals surface area contributed by atoms with Crippen molar-refractivity contribution in [3.05, 3.63) is 6.42 Å². The molecule has 2 fully saturated rings. The Morgan fingerprint density at radius 2 is 2.12 bits per heavy atom. The summed E-state index contributed by atoms with van der Waals surface area (Å²) in [6, 6.07) is 0. The van der Waals surface area contributed by atoms with Crippen molar-refractivity contribution in [2.75, 3.05) is 0 Å². The van der Waals surface area contributed by atoms with E-state index in [4.69, 9.17) is 0 Å². The number of hydrogen-bond acceptors (Lipinski definition) is 0. The summed E-state index contributed by atoms with van der Waals surface area (Å²) >= 11 is 0. The molecular formula is C7H11Li. The minimum atomic E-state index is 0. The first-order valence-corrected chi connectivity index (χ1v) is 3.28. The van der Waals surface area contributed by atoms with Gasteiger partial charge in [-0.05, 0) is 0 Å². The summed E-state index contributed by atoms with van der Waals surface area (Å²) in [5.74, 6) is 2.16. The van der Waals surface area contributed by atoms with Crippen LogP contribution in [0.5, 0.6) is 0 Å². The Morgan fingerprint density at radius 3 is 2.25 bits per heavy atom. The van der Waals surface area contributed by atoms with Crippen molar-refractivity contribution >= 4 is 0 Å². The summed E-state index contributed by atoms with van der Waals surface area (Å²) in [7, 11) is 0. The van der Waals surface area contributed by atoms with Crippen LogP contribution in [0, 0.1) is 18.3 Å². The molecule has 1 heteroatoms. The van der Waals surface area contributed by atoms with Crippen LogP contribution in [0.1, 0.15) is 25.7 Å². The molecule has 0 spiro atoms. The van der Waals surface area contributed by atoms with Gasteiger partial charge in [0.05, 0.1) is 0 Å². The second-order valence-corrected chi connectivity index (χ2v) is 2.91. The van der Waals surface area contributed by atoms with Gasteiger partial charge in [-0.2, -0.15) is 12.3 Å². The molecule has 0 radical (unpaired) electrons. The van der Waals surface area contributed by atoms with E-state index in [1.807, 2.05) is 0 Å². The van der Waals surface area contributed by atoms with Gasteiger partial charge in [-0.25, -0.2) is 0 Å². The summed E-state index contributed by atoms with van der Waals surface area (Å²) < 4.78 is 0. The van der Waals surface area contributed by atoms with Crippen molar-refractivity contribution in [3.8, 4) is 0 Å². The van der Waals surface area contributed by atoms with Gasteiger partial charge in [-0.15, -0.1) is 0 Å². The van der Waals surface area contributed by atoms with E-state index in [9.17, 15) is 0 Å². The molecule has 0 aromatic heterocycles. The molecule has 0 unspecified atom stereocenters. The third kappa shape index (κ3) is 0.970. The topological polar surface area (TPSA) is 0 Å². The monoisotopic (exact) mass is 102 g/mol. The zero-order chi connectivity index (χ0) is 4.69.